The summed E-state index contributed by atoms with van der Waals surface area (Å²) in [6.07, 6.45) is 0.794. The summed E-state index contributed by atoms with van der Waals surface area (Å²) in [5.74, 6) is 1.11. The van der Waals surface area contributed by atoms with Crippen molar-refractivity contribution in [2.24, 2.45) is 0 Å². The van der Waals surface area contributed by atoms with E-state index in [2.05, 4.69) is 10.4 Å². The number of ether oxygens (including phenoxy) is 2. The van der Waals surface area contributed by atoms with Crippen LogP contribution in [0.2, 0.25) is 0 Å². The van der Waals surface area contributed by atoms with Gasteiger partial charge < -0.3 is 14.8 Å². The van der Waals surface area contributed by atoms with Gasteiger partial charge in [-0.1, -0.05) is 17.7 Å². The largest absolute Gasteiger partial charge is 0.493 e. The van der Waals surface area contributed by atoms with Crippen molar-refractivity contribution in [1.29, 1.82) is 0 Å². The predicted octanol–water partition coefficient (Wildman–Crippen LogP) is 3.65. The first-order chi connectivity index (χ1) is 14.5. The molecule has 1 amide bonds. The van der Waals surface area contributed by atoms with Crippen molar-refractivity contribution in [3.8, 4) is 22.8 Å². The highest BCUT2D eigenvalue weighted by molar-refractivity contribution is 5.90. The Hall–Kier alpha value is -3.61. The summed E-state index contributed by atoms with van der Waals surface area (Å²) in [6, 6.07) is 16.2. The van der Waals surface area contributed by atoms with Gasteiger partial charge in [0.2, 0.25) is 5.91 Å². The molecule has 2 aromatic carbocycles. The van der Waals surface area contributed by atoms with Crippen molar-refractivity contribution in [1.82, 2.24) is 9.78 Å². The summed E-state index contributed by atoms with van der Waals surface area (Å²) in [4.78, 5) is 24.3. The van der Waals surface area contributed by atoms with Crippen LogP contribution < -0.4 is 20.3 Å². The standard InChI is InChI=1S/C23H25N3O4/c1-16-6-9-18(10-7-16)24-22(27)5-4-14-26-23(28)13-11-19(25-26)17-8-12-20(29-2)21(15-17)30-3/h6-13,15H,4-5,14H2,1-3H3,(H,24,27). The number of methoxy groups -OCH3 is 2. The van der Waals surface area contributed by atoms with Gasteiger partial charge in [0.15, 0.2) is 11.5 Å². The molecule has 0 aliphatic rings. The Morgan fingerprint density at radius 1 is 1.00 bits per heavy atom. The summed E-state index contributed by atoms with van der Waals surface area (Å²) >= 11 is 0. The molecule has 0 atom stereocenters. The van der Waals surface area contributed by atoms with Crippen LogP contribution in [0.3, 0.4) is 0 Å². The first-order valence-corrected chi connectivity index (χ1v) is 9.67. The smallest absolute Gasteiger partial charge is 0.266 e. The number of anilines is 1. The monoisotopic (exact) mass is 407 g/mol. The summed E-state index contributed by atoms with van der Waals surface area (Å²) < 4.78 is 12.0. The number of amides is 1. The lowest BCUT2D eigenvalue weighted by atomic mass is 10.1. The Bertz CT molecular complexity index is 1070. The van der Waals surface area contributed by atoms with Crippen LogP contribution >= 0.6 is 0 Å². The maximum Gasteiger partial charge on any atom is 0.266 e. The van der Waals surface area contributed by atoms with Crippen LogP contribution in [0.25, 0.3) is 11.3 Å². The van der Waals surface area contributed by atoms with Gasteiger partial charge >= 0.3 is 0 Å². The van der Waals surface area contributed by atoms with Gasteiger partial charge in [-0.15, -0.1) is 0 Å². The normalized spacial score (nSPS) is 10.5. The Morgan fingerprint density at radius 3 is 2.43 bits per heavy atom. The second kappa shape index (κ2) is 9.73. The molecule has 0 fully saturated rings. The van der Waals surface area contributed by atoms with Crippen molar-refractivity contribution in [2.75, 3.05) is 19.5 Å². The Balaban J connectivity index is 1.65. The van der Waals surface area contributed by atoms with Gasteiger partial charge in [0.1, 0.15) is 0 Å². The van der Waals surface area contributed by atoms with Gasteiger partial charge in [-0.25, -0.2) is 4.68 Å². The first-order valence-electron chi connectivity index (χ1n) is 9.67. The summed E-state index contributed by atoms with van der Waals surface area (Å²) in [6.45, 7) is 2.34. The Labute approximate surface area is 175 Å². The molecule has 1 aromatic heterocycles. The highest BCUT2D eigenvalue weighted by atomic mass is 16.5. The van der Waals surface area contributed by atoms with E-state index in [1.807, 2.05) is 43.3 Å². The van der Waals surface area contributed by atoms with Crippen molar-refractivity contribution < 1.29 is 14.3 Å². The summed E-state index contributed by atoms with van der Waals surface area (Å²) in [7, 11) is 3.14. The molecular weight excluding hydrogens is 382 g/mol. The van der Waals surface area contributed by atoms with E-state index in [1.54, 1.807) is 26.4 Å². The van der Waals surface area contributed by atoms with E-state index in [0.717, 1.165) is 16.8 Å². The van der Waals surface area contributed by atoms with Crippen LogP contribution in [-0.2, 0) is 11.3 Å². The van der Waals surface area contributed by atoms with Crippen LogP contribution in [0.5, 0.6) is 11.5 Å². The lowest BCUT2D eigenvalue weighted by molar-refractivity contribution is -0.116. The van der Waals surface area contributed by atoms with Crippen molar-refractivity contribution in [3.05, 3.63) is 70.5 Å². The average molecular weight is 407 g/mol. The molecule has 0 aliphatic heterocycles. The second-order valence-electron chi connectivity index (χ2n) is 6.87. The number of aromatic nitrogens is 2. The molecule has 0 unspecified atom stereocenters. The number of carbonyl (C=O) groups excluding carboxylic acids is 1. The number of nitrogens with zero attached hydrogens (tertiary/aromatic N) is 2. The van der Waals surface area contributed by atoms with Gasteiger partial charge in [-0.3, -0.25) is 9.59 Å². The molecule has 0 bridgehead atoms. The molecular formula is C23H25N3O4. The highest BCUT2D eigenvalue weighted by Gasteiger charge is 2.09. The number of nitrogens with one attached hydrogen (secondary N) is 1. The Morgan fingerprint density at radius 2 is 1.73 bits per heavy atom. The van der Waals surface area contributed by atoms with E-state index < -0.39 is 0 Å². The van der Waals surface area contributed by atoms with Crippen LogP contribution in [0, 0.1) is 6.92 Å². The molecule has 1 N–H and O–H groups in total. The predicted molar refractivity (Wildman–Crippen MR) is 116 cm³/mol. The number of carbonyl (C=O) groups is 1. The van der Waals surface area contributed by atoms with Crippen molar-refractivity contribution >= 4 is 11.6 Å². The van der Waals surface area contributed by atoms with E-state index in [1.165, 1.54) is 10.7 Å². The average Bonchev–Trinajstić information content (AvgIpc) is 2.76. The fourth-order valence-electron chi connectivity index (χ4n) is 3.01. The van der Waals surface area contributed by atoms with E-state index >= 15 is 0 Å². The zero-order chi connectivity index (χ0) is 21.5. The number of benzene rings is 2. The van der Waals surface area contributed by atoms with Gasteiger partial charge in [0.05, 0.1) is 19.9 Å². The van der Waals surface area contributed by atoms with E-state index in [9.17, 15) is 9.59 Å². The molecule has 3 aromatic rings. The first kappa shape index (κ1) is 21.1. The van der Waals surface area contributed by atoms with E-state index in [0.29, 0.717) is 36.6 Å². The number of aryl methyl sites for hydroxylation is 2. The maximum atomic E-state index is 12.2. The van der Waals surface area contributed by atoms with Crippen LogP contribution in [0.15, 0.2) is 59.4 Å². The quantitative estimate of drug-likeness (QED) is 0.616. The second-order valence-corrected chi connectivity index (χ2v) is 6.87. The van der Waals surface area contributed by atoms with Gasteiger partial charge in [0, 0.05) is 30.3 Å². The molecule has 0 saturated carbocycles. The molecule has 1 heterocycles. The fraction of sp³-hybridized carbons (Fsp3) is 0.261. The molecule has 30 heavy (non-hydrogen) atoms. The molecule has 156 valence electrons. The molecule has 7 nitrogen and oxygen atoms in total. The number of hydrogen-bond donors (Lipinski definition) is 1. The Kier molecular flexibility index (Phi) is 6.85. The molecule has 3 rings (SSSR count). The van der Waals surface area contributed by atoms with E-state index in [4.69, 9.17) is 9.47 Å². The summed E-state index contributed by atoms with van der Waals surface area (Å²) in [5, 5.41) is 7.30. The minimum absolute atomic E-state index is 0.0945. The van der Waals surface area contributed by atoms with Crippen LogP contribution in [-0.4, -0.2) is 29.9 Å². The highest BCUT2D eigenvalue weighted by Crippen LogP contribution is 2.31. The third-order valence-corrected chi connectivity index (χ3v) is 4.66. The van der Waals surface area contributed by atoms with Crippen LogP contribution in [0.4, 0.5) is 5.69 Å². The van der Waals surface area contributed by atoms with Crippen molar-refractivity contribution in [3.63, 3.8) is 0 Å². The minimum Gasteiger partial charge on any atom is -0.493 e. The summed E-state index contributed by atoms with van der Waals surface area (Å²) in [5.41, 5.74) is 3.13. The topological polar surface area (TPSA) is 82.5 Å². The lowest BCUT2D eigenvalue weighted by Crippen LogP contribution is -2.23. The van der Waals surface area contributed by atoms with Gasteiger partial charge in [-0.05, 0) is 49.7 Å². The minimum atomic E-state index is -0.210. The van der Waals surface area contributed by atoms with Crippen LogP contribution in [0.1, 0.15) is 18.4 Å². The zero-order valence-electron chi connectivity index (χ0n) is 17.3. The lowest BCUT2D eigenvalue weighted by Gasteiger charge is -2.11. The van der Waals surface area contributed by atoms with E-state index in [-0.39, 0.29) is 11.5 Å². The van der Waals surface area contributed by atoms with Gasteiger partial charge in [0.25, 0.3) is 5.56 Å². The molecule has 7 heteroatoms. The molecule has 0 radical (unpaired) electrons. The third kappa shape index (κ3) is 5.26. The maximum absolute atomic E-state index is 12.2. The molecule has 0 saturated heterocycles. The number of rotatable bonds is 8. The van der Waals surface area contributed by atoms with Gasteiger partial charge in [-0.2, -0.15) is 5.10 Å². The zero-order valence-corrected chi connectivity index (χ0v) is 17.3. The molecule has 0 spiro atoms. The number of hydrogen-bond acceptors (Lipinski definition) is 5. The molecule has 0 aliphatic carbocycles. The SMILES string of the molecule is COc1ccc(-c2ccc(=O)n(CCCC(=O)Nc3ccc(C)cc3)n2)cc1OC. The fourth-order valence-corrected chi connectivity index (χ4v) is 3.01. The van der Waals surface area contributed by atoms with Crippen molar-refractivity contribution in [2.45, 2.75) is 26.3 Å². The third-order valence-electron chi connectivity index (χ3n) is 4.66.